The summed E-state index contributed by atoms with van der Waals surface area (Å²) in [6.45, 7) is 0.0308. The Kier molecular flexibility index (Phi) is 3.54. The SMILES string of the molecule is Cl.NCc1cc(C(F)(F)F)n[nH]1. The Morgan fingerprint density at radius 3 is 2.33 bits per heavy atom. The number of hydrogen-bond donors (Lipinski definition) is 2. The highest BCUT2D eigenvalue weighted by Crippen LogP contribution is 2.27. The minimum atomic E-state index is -4.38. The summed E-state index contributed by atoms with van der Waals surface area (Å²) in [5, 5.41) is 5.20. The summed E-state index contributed by atoms with van der Waals surface area (Å²) in [6.07, 6.45) is -4.38. The molecule has 0 aliphatic rings. The molecular formula is C5H7ClF3N3. The molecule has 0 atom stereocenters. The Morgan fingerprint density at radius 2 is 2.08 bits per heavy atom. The van der Waals surface area contributed by atoms with Crippen LogP contribution in [-0.2, 0) is 12.7 Å². The third kappa shape index (κ3) is 2.38. The number of nitrogens with two attached hydrogens (primary N) is 1. The summed E-state index contributed by atoms with van der Waals surface area (Å²) >= 11 is 0. The predicted octanol–water partition coefficient (Wildman–Crippen LogP) is 1.31. The van der Waals surface area contributed by atoms with Gasteiger partial charge in [0.1, 0.15) is 0 Å². The maximum atomic E-state index is 11.8. The lowest BCUT2D eigenvalue weighted by atomic mass is 10.3. The molecule has 0 saturated heterocycles. The lowest BCUT2D eigenvalue weighted by Gasteiger charge is -1.98. The van der Waals surface area contributed by atoms with E-state index in [0.29, 0.717) is 0 Å². The van der Waals surface area contributed by atoms with Crippen molar-refractivity contribution >= 4 is 12.4 Å². The first kappa shape index (κ1) is 11.2. The fourth-order valence-electron chi connectivity index (χ4n) is 0.611. The van der Waals surface area contributed by atoms with E-state index in [4.69, 9.17) is 5.73 Å². The zero-order valence-electron chi connectivity index (χ0n) is 5.85. The lowest BCUT2D eigenvalue weighted by molar-refractivity contribution is -0.141. The second kappa shape index (κ2) is 3.77. The number of aromatic nitrogens is 2. The van der Waals surface area contributed by atoms with Gasteiger partial charge in [0, 0.05) is 12.2 Å². The first-order chi connectivity index (χ1) is 5.04. The molecule has 1 aromatic rings. The molecule has 0 radical (unpaired) electrons. The quantitative estimate of drug-likeness (QED) is 0.720. The number of halogens is 4. The Labute approximate surface area is 72.5 Å². The number of rotatable bonds is 1. The van der Waals surface area contributed by atoms with E-state index in [1.807, 2.05) is 0 Å². The largest absolute Gasteiger partial charge is 0.435 e. The maximum Gasteiger partial charge on any atom is 0.435 e. The maximum absolute atomic E-state index is 11.8. The van der Waals surface area contributed by atoms with Gasteiger partial charge in [-0.1, -0.05) is 0 Å². The highest BCUT2D eigenvalue weighted by Gasteiger charge is 2.33. The summed E-state index contributed by atoms with van der Waals surface area (Å²) in [4.78, 5) is 0. The van der Waals surface area contributed by atoms with Gasteiger partial charge in [-0.25, -0.2) is 0 Å². The van der Waals surface area contributed by atoms with E-state index in [9.17, 15) is 13.2 Å². The standard InChI is InChI=1S/C5H6F3N3.ClH/c6-5(7,8)4-1-3(2-9)10-11-4;/h1H,2,9H2,(H,10,11);1H. The Morgan fingerprint density at radius 1 is 1.50 bits per heavy atom. The molecule has 3 N–H and O–H groups in total. The molecule has 0 spiro atoms. The normalized spacial score (nSPS) is 11.0. The number of alkyl halides is 3. The van der Waals surface area contributed by atoms with Gasteiger partial charge in [-0.3, -0.25) is 5.10 Å². The highest BCUT2D eigenvalue weighted by molar-refractivity contribution is 5.85. The van der Waals surface area contributed by atoms with Crippen molar-refractivity contribution in [3.8, 4) is 0 Å². The van der Waals surface area contributed by atoms with Gasteiger partial charge >= 0.3 is 6.18 Å². The molecule has 0 amide bonds. The van der Waals surface area contributed by atoms with E-state index in [1.165, 1.54) is 0 Å². The van der Waals surface area contributed by atoms with Gasteiger partial charge in [-0.05, 0) is 6.07 Å². The number of aromatic amines is 1. The van der Waals surface area contributed by atoms with Crippen LogP contribution in [0.2, 0.25) is 0 Å². The minimum absolute atomic E-state index is 0. The Hall–Kier alpha value is -0.750. The average Bonchev–Trinajstić information content (AvgIpc) is 2.32. The zero-order valence-corrected chi connectivity index (χ0v) is 6.67. The number of H-pyrrole nitrogens is 1. The molecular weight excluding hydrogens is 195 g/mol. The molecule has 3 nitrogen and oxygen atoms in total. The minimum Gasteiger partial charge on any atom is -0.325 e. The van der Waals surface area contributed by atoms with Crippen LogP contribution in [0, 0.1) is 0 Å². The first-order valence-corrected chi connectivity index (χ1v) is 2.85. The van der Waals surface area contributed by atoms with E-state index < -0.39 is 11.9 Å². The Bertz CT molecular complexity index is 244. The summed E-state index contributed by atoms with van der Waals surface area (Å²) < 4.78 is 35.4. The summed E-state index contributed by atoms with van der Waals surface area (Å²) in [6, 6.07) is 0.889. The molecule has 0 fully saturated rings. The molecule has 0 bridgehead atoms. The molecule has 0 saturated carbocycles. The zero-order chi connectivity index (χ0) is 8.48. The number of nitrogens with one attached hydrogen (secondary N) is 1. The van der Waals surface area contributed by atoms with Crippen molar-refractivity contribution in [2.75, 3.05) is 0 Å². The van der Waals surface area contributed by atoms with Crippen molar-refractivity contribution in [3.63, 3.8) is 0 Å². The second-order valence-electron chi connectivity index (χ2n) is 1.98. The van der Waals surface area contributed by atoms with Gasteiger partial charge in [-0.2, -0.15) is 18.3 Å². The van der Waals surface area contributed by atoms with Gasteiger partial charge in [0.25, 0.3) is 0 Å². The molecule has 7 heteroatoms. The fraction of sp³-hybridized carbons (Fsp3) is 0.400. The average molecular weight is 202 g/mol. The van der Waals surface area contributed by atoms with Crippen LogP contribution in [0.25, 0.3) is 0 Å². The van der Waals surface area contributed by atoms with E-state index >= 15 is 0 Å². The van der Waals surface area contributed by atoms with Crippen molar-refractivity contribution in [1.82, 2.24) is 10.2 Å². The molecule has 1 rings (SSSR count). The highest BCUT2D eigenvalue weighted by atomic mass is 35.5. The second-order valence-corrected chi connectivity index (χ2v) is 1.98. The van der Waals surface area contributed by atoms with Crippen LogP contribution >= 0.6 is 12.4 Å². The van der Waals surface area contributed by atoms with Crippen molar-refractivity contribution in [2.45, 2.75) is 12.7 Å². The third-order valence-electron chi connectivity index (χ3n) is 1.14. The summed E-state index contributed by atoms with van der Waals surface area (Å²) in [5.41, 5.74) is 4.41. The number of hydrogen-bond acceptors (Lipinski definition) is 2. The molecule has 0 aromatic carbocycles. The number of nitrogens with zero attached hydrogens (tertiary/aromatic N) is 1. The van der Waals surface area contributed by atoms with Gasteiger partial charge in [0.15, 0.2) is 5.69 Å². The van der Waals surface area contributed by atoms with Gasteiger partial charge < -0.3 is 5.73 Å². The van der Waals surface area contributed by atoms with Crippen LogP contribution in [0.15, 0.2) is 6.07 Å². The van der Waals surface area contributed by atoms with Gasteiger partial charge in [0.2, 0.25) is 0 Å². The van der Waals surface area contributed by atoms with Crippen molar-refractivity contribution in [1.29, 1.82) is 0 Å². The molecule has 0 aliphatic heterocycles. The summed E-state index contributed by atoms with van der Waals surface area (Å²) in [7, 11) is 0. The molecule has 70 valence electrons. The fourth-order valence-corrected chi connectivity index (χ4v) is 0.611. The van der Waals surface area contributed by atoms with Crippen LogP contribution in [0.5, 0.6) is 0 Å². The van der Waals surface area contributed by atoms with Crippen molar-refractivity contribution in [3.05, 3.63) is 17.5 Å². The summed E-state index contributed by atoms with van der Waals surface area (Å²) in [5.74, 6) is 0. The Balaban J connectivity index is 0.00000121. The van der Waals surface area contributed by atoms with E-state index in [0.717, 1.165) is 6.07 Å². The van der Waals surface area contributed by atoms with Gasteiger partial charge in [-0.15, -0.1) is 12.4 Å². The molecule has 1 heterocycles. The molecule has 0 unspecified atom stereocenters. The van der Waals surface area contributed by atoms with Crippen molar-refractivity contribution in [2.24, 2.45) is 5.73 Å². The van der Waals surface area contributed by atoms with E-state index in [1.54, 1.807) is 0 Å². The van der Waals surface area contributed by atoms with Crippen LogP contribution in [0.3, 0.4) is 0 Å². The van der Waals surface area contributed by atoms with E-state index in [2.05, 4.69) is 10.2 Å². The first-order valence-electron chi connectivity index (χ1n) is 2.85. The van der Waals surface area contributed by atoms with Crippen LogP contribution < -0.4 is 5.73 Å². The molecule has 0 aliphatic carbocycles. The molecule has 12 heavy (non-hydrogen) atoms. The van der Waals surface area contributed by atoms with Crippen LogP contribution in [0.1, 0.15) is 11.4 Å². The smallest absolute Gasteiger partial charge is 0.325 e. The van der Waals surface area contributed by atoms with E-state index in [-0.39, 0.29) is 24.6 Å². The monoisotopic (exact) mass is 201 g/mol. The lowest BCUT2D eigenvalue weighted by Crippen LogP contribution is -2.04. The van der Waals surface area contributed by atoms with Crippen molar-refractivity contribution < 1.29 is 13.2 Å². The molecule has 1 aromatic heterocycles. The van der Waals surface area contributed by atoms with Crippen LogP contribution in [-0.4, -0.2) is 10.2 Å². The topological polar surface area (TPSA) is 54.7 Å². The van der Waals surface area contributed by atoms with Gasteiger partial charge in [0.05, 0.1) is 0 Å². The van der Waals surface area contributed by atoms with Crippen LogP contribution in [0.4, 0.5) is 13.2 Å². The predicted molar refractivity (Wildman–Crippen MR) is 38.7 cm³/mol. The third-order valence-corrected chi connectivity index (χ3v) is 1.14.